The van der Waals surface area contributed by atoms with E-state index < -0.39 is 17.5 Å². The maximum atomic E-state index is 13.2. The van der Waals surface area contributed by atoms with Gasteiger partial charge < -0.3 is 10.2 Å². The number of unbranched alkanes of at least 4 members (excludes halogenated alkanes) is 1. The predicted octanol–water partition coefficient (Wildman–Crippen LogP) is 2.18. The SMILES string of the molecule is CCCCN(CC)C(=O)C1(C(F)(F)F)CCNC1. The number of hydrogen-bond donors (Lipinski definition) is 1. The molecule has 0 aromatic heterocycles. The summed E-state index contributed by atoms with van der Waals surface area (Å²) >= 11 is 0. The molecule has 1 heterocycles. The standard InChI is InChI=1S/C12H21F3N2O/c1-3-5-8-17(4-2)10(18)11(12(13,14)15)6-7-16-9-11/h16H,3-9H2,1-2H3. The van der Waals surface area contributed by atoms with E-state index in [0.717, 1.165) is 12.8 Å². The Hall–Kier alpha value is -0.780. The summed E-state index contributed by atoms with van der Waals surface area (Å²) in [5.41, 5.74) is -2.21. The first-order valence-electron chi connectivity index (χ1n) is 6.46. The molecule has 0 saturated carbocycles. The van der Waals surface area contributed by atoms with E-state index in [0.29, 0.717) is 13.1 Å². The third kappa shape index (κ3) is 2.79. The molecule has 1 rings (SSSR count). The van der Waals surface area contributed by atoms with Crippen LogP contribution in [-0.2, 0) is 4.79 Å². The van der Waals surface area contributed by atoms with Crippen LogP contribution in [0.4, 0.5) is 13.2 Å². The molecule has 0 aromatic rings. The Morgan fingerprint density at radius 1 is 1.39 bits per heavy atom. The van der Waals surface area contributed by atoms with E-state index in [1.54, 1.807) is 6.92 Å². The van der Waals surface area contributed by atoms with Crippen LogP contribution in [0.3, 0.4) is 0 Å². The van der Waals surface area contributed by atoms with Crippen LogP contribution in [0.1, 0.15) is 33.1 Å². The molecule has 1 unspecified atom stereocenters. The molecule has 1 aliphatic heterocycles. The van der Waals surface area contributed by atoms with E-state index >= 15 is 0 Å². The fourth-order valence-corrected chi connectivity index (χ4v) is 2.29. The summed E-state index contributed by atoms with van der Waals surface area (Å²) in [5, 5.41) is 2.67. The van der Waals surface area contributed by atoms with Crippen molar-refractivity contribution in [3.8, 4) is 0 Å². The summed E-state index contributed by atoms with van der Waals surface area (Å²) in [5.74, 6) is -0.768. The first-order chi connectivity index (χ1) is 8.39. The summed E-state index contributed by atoms with van der Waals surface area (Å²) in [6.07, 6.45) is -3.03. The van der Waals surface area contributed by atoms with Gasteiger partial charge in [0.25, 0.3) is 0 Å². The summed E-state index contributed by atoms with van der Waals surface area (Å²) in [4.78, 5) is 13.6. The van der Waals surface area contributed by atoms with E-state index in [-0.39, 0.29) is 19.5 Å². The molecule has 18 heavy (non-hydrogen) atoms. The zero-order valence-electron chi connectivity index (χ0n) is 10.9. The van der Waals surface area contributed by atoms with E-state index in [4.69, 9.17) is 0 Å². The largest absolute Gasteiger partial charge is 0.404 e. The molecule has 1 N–H and O–H groups in total. The maximum Gasteiger partial charge on any atom is 0.404 e. The molecular formula is C12H21F3N2O. The Morgan fingerprint density at radius 2 is 2.06 bits per heavy atom. The minimum atomic E-state index is -4.48. The van der Waals surface area contributed by atoms with Gasteiger partial charge in [-0.3, -0.25) is 4.79 Å². The van der Waals surface area contributed by atoms with Crippen molar-refractivity contribution in [2.45, 2.75) is 39.3 Å². The smallest absolute Gasteiger partial charge is 0.342 e. The first-order valence-corrected chi connectivity index (χ1v) is 6.46. The van der Waals surface area contributed by atoms with Crippen molar-refractivity contribution in [3.05, 3.63) is 0 Å². The molecule has 1 saturated heterocycles. The average molecular weight is 266 g/mol. The highest BCUT2D eigenvalue weighted by molar-refractivity contribution is 5.84. The number of alkyl halides is 3. The molecular weight excluding hydrogens is 245 g/mol. The van der Waals surface area contributed by atoms with Crippen LogP contribution in [0.2, 0.25) is 0 Å². The van der Waals surface area contributed by atoms with Crippen LogP contribution in [0.5, 0.6) is 0 Å². The van der Waals surface area contributed by atoms with Gasteiger partial charge in [-0.15, -0.1) is 0 Å². The van der Waals surface area contributed by atoms with Gasteiger partial charge in [0.1, 0.15) is 0 Å². The van der Waals surface area contributed by atoms with E-state index in [9.17, 15) is 18.0 Å². The monoisotopic (exact) mass is 266 g/mol. The highest BCUT2D eigenvalue weighted by atomic mass is 19.4. The maximum absolute atomic E-state index is 13.2. The Kier molecular flexibility index (Phi) is 5.01. The lowest BCUT2D eigenvalue weighted by molar-refractivity contribution is -0.221. The number of carbonyl (C=O) groups excluding carboxylic acids is 1. The molecule has 0 aromatic carbocycles. The zero-order chi connectivity index (χ0) is 13.8. The van der Waals surface area contributed by atoms with Crippen LogP contribution in [0.25, 0.3) is 0 Å². The van der Waals surface area contributed by atoms with Crippen molar-refractivity contribution in [1.29, 1.82) is 0 Å². The number of nitrogens with zero attached hydrogens (tertiary/aromatic N) is 1. The van der Waals surface area contributed by atoms with Gasteiger partial charge in [0.15, 0.2) is 5.41 Å². The quantitative estimate of drug-likeness (QED) is 0.827. The molecule has 106 valence electrons. The van der Waals surface area contributed by atoms with Crippen molar-refractivity contribution < 1.29 is 18.0 Å². The molecule has 0 bridgehead atoms. The van der Waals surface area contributed by atoms with E-state index in [1.807, 2.05) is 6.92 Å². The number of halogens is 3. The lowest BCUT2D eigenvalue weighted by Crippen LogP contribution is -2.53. The Balaban J connectivity index is 2.88. The van der Waals surface area contributed by atoms with Gasteiger partial charge in [0.2, 0.25) is 5.91 Å². The van der Waals surface area contributed by atoms with Crippen molar-refractivity contribution in [2.24, 2.45) is 5.41 Å². The van der Waals surface area contributed by atoms with E-state index in [2.05, 4.69) is 5.32 Å². The van der Waals surface area contributed by atoms with Crippen molar-refractivity contribution in [1.82, 2.24) is 10.2 Å². The van der Waals surface area contributed by atoms with Crippen LogP contribution < -0.4 is 5.32 Å². The van der Waals surface area contributed by atoms with Gasteiger partial charge in [-0.2, -0.15) is 13.2 Å². The lowest BCUT2D eigenvalue weighted by Gasteiger charge is -2.34. The highest BCUT2D eigenvalue weighted by Crippen LogP contribution is 2.44. The number of hydrogen-bond acceptors (Lipinski definition) is 2. The lowest BCUT2D eigenvalue weighted by atomic mass is 9.84. The van der Waals surface area contributed by atoms with Gasteiger partial charge in [-0.25, -0.2) is 0 Å². The Labute approximate surface area is 106 Å². The molecule has 1 aliphatic rings. The predicted molar refractivity (Wildman–Crippen MR) is 63.1 cm³/mol. The van der Waals surface area contributed by atoms with Gasteiger partial charge in [0.05, 0.1) is 0 Å². The minimum Gasteiger partial charge on any atom is -0.342 e. The van der Waals surface area contributed by atoms with Crippen LogP contribution in [0, 0.1) is 5.41 Å². The first kappa shape index (κ1) is 15.3. The molecule has 0 aliphatic carbocycles. The van der Waals surface area contributed by atoms with Gasteiger partial charge >= 0.3 is 6.18 Å². The second-order valence-electron chi connectivity index (χ2n) is 4.75. The third-order valence-corrected chi connectivity index (χ3v) is 3.56. The topological polar surface area (TPSA) is 32.3 Å². The molecule has 1 atom stereocenters. The third-order valence-electron chi connectivity index (χ3n) is 3.56. The molecule has 0 radical (unpaired) electrons. The fourth-order valence-electron chi connectivity index (χ4n) is 2.29. The van der Waals surface area contributed by atoms with Crippen molar-refractivity contribution in [3.63, 3.8) is 0 Å². The molecule has 0 spiro atoms. The summed E-state index contributed by atoms with van der Waals surface area (Å²) in [6, 6.07) is 0. The van der Waals surface area contributed by atoms with Crippen molar-refractivity contribution >= 4 is 5.91 Å². The molecule has 1 fully saturated rings. The van der Waals surface area contributed by atoms with Gasteiger partial charge in [-0.1, -0.05) is 13.3 Å². The summed E-state index contributed by atoms with van der Waals surface area (Å²) < 4.78 is 39.6. The molecule has 1 amide bonds. The molecule has 6 heteroatoms. The summed E-state index contributed by atoms with van der Waals surface area (Å²) in [6.45, 7) is 4.36. The number of rotatable bonds is 5. The second-order valence-corrected chi connectivity index (χ2v) is 4.75. The Morgan fingerprint density at radius 3 is 2.44 bits per heavy atom. The van der Waals surface area contributed by atoms with Gasteiger partial charge in [0, 0.05) is 19.6 Å². The van der Waals surface area contributed by atoms with Crippen LogP contribution in [-0.4, -0.2) is 43.2 Å². The van der Waals surface area contributed by atoms with E-state index in [1.165, 1.54) is 4.90 Å². The molecule has 3 nitrogen and oxygen atoms in total. The van der Waals surface area contributed by atoms with Crippen molar-refractivity contribution in [2.75, 3.05) is 26.2 Å². The fraction of sp³-hybridized carbons (Fsp3) is 0.917. The highest BCUT2D eigenvalue weighted by Gasteiger charge is 2.62. The second kappa shape index (κ2) is 5.91. The summed E-state index contributed by atoms with van der Waals surface area (Å²) in [7, 11) is 0. The average Bonchev–Trinajstić information content (AvgIpc) is 2.79. The van der Waals surface area contributed by atoms with Crippen LogP contribution >= 0.6 is 0 Å². The van der Waals surface area contributed by atoms with Crippen LogP contribution in [0.15, 0.2) is 0 Å². The number of carbonyl (C=O) groups is 1. The zero-order valence-corrected chi connectivity index (χ0v) is 10.9. The Bertz CT molecular complexity index is 286. The normalized spacial score (nSPS) is 24.3. The number of nitrogens with one attached hydrogen (secondary N) is 1. The van der Waals surface area contributed by atoms with Gasteiger partial charge in [-0.05, 0) is 26.3 Å². The number of amides is 1. The minimum absolute atomic E-state index is 0.155.